The summed E-state index contributed by atoms with van der Waals surface area (Å²) in [5.74, 6) is -0.971. The second-order valence-corrected chi connectivity index (χ2v) is 8.63. The third kappa shape index (κ3) is 9.46. The Labute approximate surface area is 155 Å². The van der Waals surface area contributed by atoms with E-state index in [-0.39, 0.29) is 43.9 Å². The third-order valence-corrected chi connectivity index (χ3v) is 5.04. The summed E-state index contributed by atoms with van der Waals surface area (Å²) in [7, 11) is -3.77. The molecule has 10 heteroatoms. The van der Waals surface area contributed by atoms with Crippen LogP contribution in [0.15, 0.2) is 0 Å². The summed E-state index contributed by atoms with van der Waals surface area (Å²) in [5.41, 5.74) is -1.09. The van der Waals surface area contributed by atoms with Crippen LogP contribution < -0.4 is 10.6 Å². The molecule has 1 aliphatic heterocycles. The number of carbonyl (C=O) groups is 2. The summed E-state index contributed by atoms with van der Waals surface area (Å²) in [4.78, 5) is 22.9. The van der Waals surface area contributed by atoms with Crippen LogP contribution >= 0.6 is 0 Å². The maximum Gasteiger partial charge on any atom is 0.313 e. The van der Waals surface area contributed by atoms with Crippen molar-refractivity contribution < 1.29 is 31.7 Å². The van der Waals surface area contributed by atoms with Gasteiger partial charge in [0, 0.05) is 33.0 Å². The monoisotopic (exact) mass is 394 g/mol. The van der Waals surface area contributed by atoms with Crippen molar-refractivity contribution in [2.75, 3.05) is 45.2 Å². The molecule has 1 unspecified atom stereocenters. The third-order valence-electron chi connectivity index (χ3n) is 3.77. The number of hydrogen-bond acceptors (Lipinski definition) is 8. The van der Waals surface area contributed by atoms with Gasteiger partial charge in [0.25, 0.3) is 10.1 Å². The molecule has 2 N–H and O–H groups in total. The molecule has 1 aliphatic rings. The van der Waals surface area contributed by atoms with Gasteiger partial charge in [0.15, 0.2) is 0 Å². The Morgan fingerprint density at radius 2 is 2.08 bits per heavy atom. The van der Waals surface area contributed by atoms with Crippen LogP contribution in [0.4, 0.5) is 0 Å². The van der Waals surface area contributed by atoms with Crippen molar-refractivity contribution in [1.82, 2.24) is 10.6 Å². The molecule has 9 nitrogen and oxygen atoms in total. The van der Waals surface area contributed by atoms with E-state index in [9.17, 15) is 18.0 Å². The molecule has 1 rings (SSSR count). The summed E-state index contributed by atoms with van der Waals surface area (Å²) in [6.45, 7) is 6.84. The van der Waals surface area contributed by atoms with E-state index in [1.165, 1.54) is 6.92 Å². The smallest absolute Gasteiger partial charge is 0.313 e. The maximum atomic E-state index is 12.2. The average molecular weight is 394 g/mol. The van der Waals surface area contributed by atoms with Crippen LogP contribution in [0.25, 0.3) is 0 Å². The first-order chi connectivity index (χ1) is 12.1. The molecule has 1 fully saturated rings. The normalized spacial score (nSPS) is 18.3. The van der Waals surface area contributed by atoms with E-state index in [2.05, 4.69) is 10.6 Å². The fourth-order valence-corrected chi connectivity index (χ4v) is 3.24. The van der Waals surface area contributed by atoms with Gasteiger partial charge in [-0.15, -0.1) is 0 Å². The highest BCUT2D eigenvalue weighted by Crippen LogP contribution is 2.19. The largest absolute Gasteiger partial charge is 0.465 e. The molecule has 1 heterocycles. The van der Waals surface area contributed by atoms with Crippen LogP contribution in [0.2, 0.25) is 0 Å². The van der Waals surface area contributed by atoms with Gasteiger partial charge in [0.2, 0.25) is 5.91 Å². The second-order valence-electron chi connectivity index (χ2n) is 6.87. The molecule has 0 aliphatic carbocycles. The standard InChI is InChI=1S/C16H30N2O7S/c1-13(19)18-6-4-10-26(21,22)25-12-16(2,3)15(20)24-8-5-14-11-17-7-9-23-14/h14,17H,4-12H2,1-3H3,(H,18,19). The fraction of sp³-hybridized carbons (Fsp3) is 0.875. The van der Waals surface area contributed by atoms with E-state index < -0.39 is 21.5 Å². The lowest BCUT2D eigenvalue weighted by Gasteiger charge is -2.25. The molecular formula is C16H30N2O7S. The summed E-state index contributed by atoms with van der Waals surface area (Å²) < 4.78 is 39.4. The van der Waals surface area contributed by atoms with Crippen LogP contribution in [0.1, 0.15) is 33.6 Å². The zero-order valence-electron chi connectivity index (χ0n) is 15.7. The maximum absolute atomic E-state index is 12.2. The fourth-order valence-electron chi connectivity index (χ4n) is 2.15. The molecule has 0 radical (unpaired) electrons. The van der Waals surface area contributed by atoms with Gasteiger partial charge in [-0.25, -0.2) is 0 Å². The number of morpholine rings is 1. The predicted octanol–water partition coefficient (Wildman–Crippen LogP) is -0.193. The molecule has 0 aromatic rings. The van der Waals surface area contributed by atoms with Crippen molar-refractivity contribution >= 4 is 22.0 Å². The molecule has 152 valence electrons. The van der Waals surface area contributed by atoms with Crippen molar-refractivity contribution in [2.24, 2.45) is 5.41 Å². The summed E-state index contributed by atoms with van der Waals surface area (Å²) >= 11 is 0. The molecule has 1 atom stereocenters. The summed E-state index contributed by atoms with van der Waals surface area (Å²) in [6.07, 6.45) is 0.833. The Morgan fingerprint density at radius 3 is 2.69 bits per heavy atom. The Kier molecular flexibility index (Phi) is 9.48. The first-order valence-electron chi connectivity index (χ1n) is 8.73. The minimum atomic E-state index is -3.77. The van der Waals surface area contributed by atoms with Crippen molar-refractivity contribution in [3.63, 3.8) is 0 Å². The summed E-state index contributed by atoms with van der Waals surface area (Å²) in [6, 6.07) is 0. The lowest BCUT2D eigenvalue weighted by molar-refractivity contribution is -0.156. The van der Waals surface area contributed by atoms with E-state index in [1.807, 2.05) is 0 Å². The van der Waals surface area contributed by atoms with E-state index in [1.54, 1.807) is 13.8 Å². The topological polar surface area (TPSA) is 120 Å². The van der Waals surface area contributed by atoms with Crippen molar-refractivity contribution in [2.45, 2.75) is 39.7 Å². The lowest BCUT2D eigenvalue weighted by atomic mass is 9.95. The Bertz CT molecular complexity index is 557. The quantitative estimate of drug-likeness (QED) is 0.281. The highest BCUT2D eigenvalue weighted by Gasteiger charge is 2.32. The molecule has 1 saturated heterocycles. The van der Waals surface area contributed by atoms with Crippen molar-refractivity contribution in [3.05, 3.63) is 0 Å². The van der Waals surface area contributed by atoms with E-state index in [4.69, 9.17) is 13.7 Å². The Morgan fingerprint density at radius 1 is 1.35 bits per heavy atom. The van der Waals surface area contributed by atoms with Gasteiger partial charge >= 0.3 is 5.97 Å². The van der Waals surface area contributed by atoms with E-state index in [0.29, 0.717) is 13.0 Å². The molecule has 1 amide bonds. The predicted molar refractivity (Wildman–Crippen MR) is 95.0 cm³/mol. The first kappa shape index (κ1) is 22.8. The first-order valence-corrected chi connectivity index (χ1v) is 10.3. The zero-order valence-corrected chi connectivity index (χ0v) is 16.5. The number of ether oxygens (including phenoxy) is 2. The number of amides is 1. The van der Waals surface area contributed by atoms with Crippen LogP contribution in [0, 0.1) is 5.41 Å². The van der Waals surface area contributed by atoms with Gasteiger partial charge in [-0.2, -0.15) is 8.42 Å². The number of carbonyl (C=O) groups excluding carboxylic acids is 2. The molecule has 26 heavy (non-hydrogen) atoms. The van der Waals surface area contributed by atoms with E-state index in [0.717, 1.165) is 13.1 Å². The van der Waals surface area contributed by atoms with Crippen LogP contribution in [-0.4, -0.2) is 71.6 Å². The number of hydrogen-bond donors (Lipinski definition) is 2. The van der Waals surface area contributed by atoms with Gasteiger partial charge in [0.05, 0.1) is 37.1 Å². The van der Waals surface area contributed by atoms with Crippen LogP contribution in [-0.2, 0) is 33.4 Å². The highest BCUT2D eigenvalue weighted by molar-refractivity contribution is 7.86. The Balaban J connectivity index is 2.29. The van der Waals surface area contributed by atoms with E-state index >= 15 is 0 Å². The Hall–Kier alpha value is -1.23. The number of nitrogens with one attached hydrogen (secondary N) is 2. The highest BCUT2D eigenvalue weighted by atomic mass is 32.2. The van der Waals surface area contributed by atoms with Crippen molar-refractivity contribution in [3.8, 4) is 0 Å². The zero-order chi connectivity index (χ0) is 19.6. The van der Waals surface area contributed by atoms with Crippen LogP contribution in [0.3, 0.4) is 0 Å². The van der Waals surface area contributed by atoms with Crippen molar-refractivity contribution in [1.29, 1.82) is 0 Å². The van der Waals surface area contributed by atoms with Gasteiger partial charge in [-0.1, -0.05) is 0 Å². The molecule has 0 spiro atoms. The molecule has 0 bridgehead atoms. The average Bonchev–Trinajstić information content (AvgIpc) is 2.58. The molecule has 0 saturated carbocycles. The van der Waals surface area contributed by atoms with Crippen LogP contribution in [0.5, 0.6) is 0 Å². The SMILES string of the molecule is CC(=O)NCCCS(=O)(=O)OCC(C)(C)C(=O)OCCC1CNCCO1. The van der Waals surface area contributed by atoms with Gasteiger partial charge in [0.1, 0.15) is 0 Å². The molecular weight excluding hydrogens is 364 g/mol. The number of esters is 1. The minimum absolute atomic E-state index is 0.0138. The number of rotatable bonds is 11. The molecule has 0 aromatic carbocycles. The van der Waals surface area contributed by atoms with Gasteiger partial charge in [-0.05, 0) is 20.3 Å². The van der Waals surface area contributed by atoms with Gasteiger partial charge < -0.3 is 20.1 Å². The second kappa shape index (κ2) is 10.8. The molecule has 0 aromatic heterocycles. The minimum Gasteiger partial charge on any atom is -0.465 e. The van der Waals surface area contributed by atoms with Gasteiger partial charge in [-0.3, -0.25) is 13.8 Å². The lowest BCUT2D eigenvalue weighted by Crippen LogP contribution is -2.39. The summed E-state index contributed by atoms with van der Waals surface area (Å²) in [5, 5.41) is 5.70.